The summed E-state index contributed by atoms with van der Waals surface area (Å²) in [4.78, 5) is 16.1. The first-order valence-electron chi connectivity index (χ1n) is 6.48. The molecule has 0 saturated carbocycles. The van der Waals surface area contributed by atoms with Gasteiger partial charge in [-0.1, -0.05) is 6.07 Å². The van der Waals surface area contributed by atoms with Crippen molar-refractivity contribution >= 4 is 11.6 Å². The van der Waals surface area contributed by atoms with E-state index in [4.69, 9.17) is 10.5 Å². The molecule has 0 aliphatic carbocycles. The van der Waals surface area contributed by atoms with E-state index in [1.165, 1.54) is 0 Å². The molecule has 0 fully saturated rings. The number of anilines is 1. The van der Waals surface area contributed by atoms with E-state index in [0.29, 0.717) is 13.1 Å². The van der Waals surface area contributed by atoms with Crippen LogP contribution in [0.2, 0.25) is 0 Å². The Hall–Kier alpha value is -1.59. The van der Waals surface area contributed by atoms with Crippen LogP contribution in [-0.2, 0) is 11.3 Å². The second-order valence-electron chi connectivity index (χ2n) is 5.06. The number of amides is 1. The molecule has 5 heteroatoms. The zero-order valence-corrected chi connectivity index (χ0v) is 11.7. The van der Waals surface area contributed by atoms with Crippen molar-refractivity contribution < 1.29 is 9.53 Å². The van der Waals surface area contributed by atoms with Crippen LogP contribution in [0.3, 0.4) is 0 Å². The molecule has 104 valence electrons. The molecule has 1 atom stereocenters. The number of rotatable bonds is 4. The Kier molecular flexibility index (Phi) is 4.07. The van der Waals surface area contributed by atoms with Gasteiger partial charge < -0.3 is 20.3 Å². The lowest BCUT2D eigenvalue weighted by atomic mass is 10.1. The van der Waals surface area contributed by atoms with Crippen LogP contribution < -0.4 is 15.4 Å². The van der Waals surface area contributed by atoms with Gasteiger partial charge in [0.25, 0.3) is 5.91 Å². The van der Waals surface area contributed by atoms with Gasteiger partial charge in [0.05, 0.1) is 5.69 Å². The molecule has 5 nitrogen and oxygen atoms in total. The topological polar surface area (TPSA) is 58.8 Å². The molecule has 0 saturated heterocycles. The number of fused-ring (bicyclic) bond motifs is 1. The monoisotopic (exact) mass is 263 g/mol. The standard InChI is InChI=1S/C14H21N3O2/c1-10-14(18)17(7-6-16(2)3)12-8-11(9-15)4-5-13(12)19-10/h4-5,8,10H,6-7,9,15H2,1-3H3. The minimum absolute atomic E-state index is 0.00326. The molecule has 0 radical (unpaired) electrons. The van der Waals surface area contributed by atoms with Crippen molar-refractivity contribution in [2.24, 2.45) is 5.73 Å². The van der Waals surface area contributed by atoms with E-state index < -0.39 is 6.10 Å². The number of nitrogens with two attached hydrogens (primary N) is 1. The molecule has 1 aliphatic heterocycles. The van der Waals surface area contributed by atoms with Gasteiger partial charge in [-0.25, -0.2) is 0 Å². The molecule has 1 aromatic rings. The zero-order chi connectivity index (χ0) is 14.0. The Morgan fingerprint density at radius 2 is 2.16 bits per heavy atom. The number of carbonyl (C=O) groups is 1. The van der Waals surface area contributed by atoms with E-state index in [9.17, 15) is 4.79 Å². The molecule has 2 rings (SSSR count). The third kappa shape index (κ3) is 2.88. The molecule has 1 aliphatic rings. The van der Waals surface area contributed by atoms with E-state index in [-0.39, 0.29) is 5.91 Å². The van der Waals surface area contributed by atoms with Crippen molar-refractivity contribution in [3.05, 3.63) is 23.8 Å². The lowest BCUT2D eigenvalue weighted by Crippen LogP contribution is -2.46. The predicted molar refractivity (Wildman–Crippen MR) is 75.3 cm³/mol. The summed E-state index contributed by atoms with van der Waals surface area (Å²) < 4.78 is 5.63. The van der Waals surface area contributed by atoms with E-state index in [0.717, 1.165) is 23.5 Å². The summed E-state index contributed by atoms with van der Waals surface area (Å²) in [6, 6.07) is 5.77. The molecular formula is C14H21N3O2. The zero-order valence-electron chi connectivity index (χ0n) is 11.7. The lowest BCUT2D eigenvalue weighted by Gasteiger charge is -2.34. The highest BCUT2D eigenvalue weighted by Gasteiger charge is 2.31. The van der Waals surface area contributed by atoms with Crippen LogP contribution in [0.5, 0.6) is 5.75 Å². The SMILES string of the molecule is CC1Oc2ccc(CN)cc2N(CCN(C)C)C1=O. The minimum atomic E-state index is -0.432. The highest BCUT2D eigenvalue weighted by molar-refractivity contribution is 5.99. The average molecular weight is 263 g/mol. The first kappa shape index (κ1) is 13.8. The Bertz CT molecular complexity index is 474. The van der Waals surface area contributed by atoms with Gasteiger partial charge in [-0.2, -0.15) is 0 Å². The van der Waals surface area contributed by atoms with E-state index >= 15 is 0 Å². The predicted octanol–water partition coefficient (Wildman–Crippen LogP) is 0.821. The van der Waals surface area contributed by atoms with Crippen molar-refractivity contribution in [3.8, 4) is 5.75 Å². The third-order valence-electron chi connectivity index (χ3n) is 3.24. The minimum Gasteiger partial charge on any atom is -0.479 e. The van der Waals surface area contributed by atoms with Gasteiger partial charge >= 0.3 is 0 Å². The quantitative estimate of drug-likeness (QED) is 0.874. The number of hydrogen-bond acceptors (Lipinski definition) is 4. The Balaban J connectivity index is 2.33. The Labute approximate surface area is 113 Å². The van der Waals surface area contributed by atoms with Gasteiger partial charge in [0.2, 0.25) is 0 Å². The van der Waals surface area contributed by atoms with Crippen molar-refractivity contribution in [1.29, 1.82) is 0 Å². The average Bonchev–Trinajstić information content (AvgIpc) is 2.38. The lowest BCUT2D eigenvalue weighted by molar-refractivity contribution is -0.125. The van der Waals surface area contributed by atoms with E-state index in [1.54, 1.807) is 11.8 Å². The second-order valence-corrected chi connectivity index (χ2v) is 5.06. The maximum absolute atomic E-state index is 12.3. The highest BCUT2D eigenvalue weighted by Crippen LogP contribution is 2.34. The van der Waals surface area contributed by atoms with Crippen LogP contribution >= 0.6 is 0 Å². The van der Waals surface area contributed by atoms with E-state index in [2.05, 4.69) is 4.90 Å². The summed E-state index contributed by atoms with van der Waals surface area (Å²) in [5.41, 5.74) is 7.49. The fourth-order valence-corrected chi connectivity index (χ4v) is 2.11. The van der Waals surface area contributed by atoms with Crippen molar-refractivity contribution in [1.82, 2.24) is 4.90 Å². The van der Waals surface area contributed by atoms with Crippen LogP contribution in [0.1, 0.15) is 12.5 Å². The molecular weight excluding hydrogens is 242 g/mol. The van der Waals surface area contributed by atoms with Gasteiger partial charge in [-0.15, -0.1) is 0 Å². The van der Waals surface area contributed by atoms with Crippen LogP contribution in [0.15, 0.2) is 18.2 Å². The Morgan fingerprint density at radius 1 is 1.42 bits per heavy atom. The highest BCUT2D eigenvalue weighted by atomic mass is 16.5. The van der Waals surface area contributed by atoms with Crippen molar-refractivity contribution in [3.63, 3.8) is 0 Å². The molecule has 19 heavy (non-hydrogen) atoms. The fourth-order valence-electron chi connectivity index (χ4n) is 2.11. The molecule has 1 aromatic carbocycles. The van der Waals surface area contributed by atoms with Gasteiger partial charge in [0.1, 0.15) is 5.75 Å². The first-order valence-corrected chi connectivity index (χ1v) is 6.48. The summed E-state index contributed by atoms with van der Waals surface area (Å²) in [5, 5.41) is 0. The molecule has 1 unspecified atom stereocenters. The van der Waals surface area contributed by atoms with Gasteiger partial charge in [0.15, 0.2) is 6.10 Å². The normalized spacial score (nSPS) is 18.5. The number of benzene rings is 1. The second kappa shape index (κ2) is 5.59. The smallest absolute Gasteiger partial charge is 0.267 e. The fraction of sp³-hybridized carbons (Fsp3) is 0.500. The number of nitrogens with zero attached hydrogens (tertiary/aromatic N) is 2. The largest absolute Gasteiger partial charge is 0.479 e. The number of hydrogen-bond donors (Lipinski definition) is 1. The van der Waals surface area contributed by atoms with Gasteiger partial charge in [-0.3, -0.25) is 4.79 Å². The maximum atomic E-state index is 12.3. The van der Waals surface area contributed by atoms with Gasteiger partial charge in [-0.05, 0) is 38.7 Å². The van der Waals surface area contributed by atoms with Crippen LogP contribution in [0.25, 0.3) is 0 Å². The molecule has 0 aromatic heterocycles. The van der Waals surface area contributed by atoms with Crippen LogP contribution in [0, 0.1) is 0 Å². The van der Waals surface area contributed by atoms with Crippen molar-refractivity contribution in [2.75, 3.05) is 32.1 Å². The summed E-state index contributed by atoms with van der Waals surface area (Å²) in [6.07, 6.45) is -0.432. The maximum Gasteiger partial charge on any atom is 0.267 e. The first-order chi connectivity index (χ1) is 9.02. The number of ether oxygens (including phenoxy) is 1. The van der Waals surface area contributed by atoms with Crippen molar-refractivity contribution in [2.45, 2.75) is 19.6 Å². The number of carbonyl (C=O) groups excluding carboxylic acids is 1. The Morgan fingerprint density at radius 3 is 2.79 bits per heavy atom. The number of likely N-dealkylation sites (N-methyl/N-ethyl adjacent to an activating group) is 1. The summed E-state index contributed by atoms with van der Waals surface area (Å²) in [5.74, 6) is 0.756. The summed E-state index contributed by atoms with van der Waals surface area (Å²) in [6.45, 7) is 3.70. The summed E-state index contributed by atoms with van der Waals surface area (Å²) in [7, 11) is 3.98. The molecule has 1 amide bonds. The van der Waals surface area contributed by atoms with Gasteiger partial charge in [0, 0.05) is 19.6 Å². The molecule has 0 spiro atoms. The molecule has 1 heterocycles. The van der Waals surface area contributed by atoms with E-state index in [1.807, 2.05) is 32.3 Å². The third-order valence-corrected chi connectivity index (χ3v) is 3.24. The summed E-state index contributed by atoms with van der Waals surface area (Å²) >= 11 is 0. The van der Waals surface area contributed by atoms with Crippen LogP contribution in [-0.4, -0.2) is 44.1 Å². The molecule has 0 bridgehead atoms. The van der Waals surface area contributed by atoms with Crippen LogP contribution in [0.4, 0.5) is 5.69 Å². The molecule has 2 N–H and O–H groups in total.